The molecule has 33 heavy (non-hydrogen) atoms. The Bertz CT molecular complexity index is 1060. The summed E-state index contributed by atoms with van der Waals surface area (Å²) in [7, 11) is 0. The number of aryl methyl sites for hydroxylation is 1. The zero-order chi connectivity index (χ0) is 23.8. The molecule has 1 aliphatic rings. The van der Waals surface area contributed by atoms with Crippen LogP contribution in [0.5, 0.6) is 0 Å². The van der Waals surface area contributed by atoms with E-state index in [-0.39, 0.29) is 0 Å². The first-order valence-electron chi connectivity index (χ1n) is 11.0. The summed E-state index contributed by atoms with van der Waals surface area (Å²) in [6.07, 6.45) is 0. The average Bonchev–Trinajstić information content (AvgIpc) is 2.83. The first kappa shape index (κ1) is 24.0. The first-order valence-corrected chi connectivity index (χ1v) is 11.0. The molecule has 172 valence electrons. The number of hydrogen-bond acceptors (Lipinski definition) is 4. The molecule has 2 N–H and O–H groups in total. The molecule has 1 aliphatic heterocycles. The molecule has 0 bridgehead atoms. The van der Waals surface area contributed by atoms with Crippen LogP contribution in [0, 0.1) is 13.8 Å². The van der Waals surface area contributed by atoms with Crippen LogP contribution in [0.25, 0.3) is 11.1 Å². The van der Waals surface area contributed by atoms with Crippen molar-refractivity contribution in [2.75, 3.05) is 31.1 Å². The van der Waals surface area contributed by atoms with Gasteiger partial charge in [0.05, 0.1) is 0 Å². The summed E-state index contributed by atoms with van der Waals surface area (Å²) in [5, 5.41) is 14.8. The van der Waals surface area contributed by atoms with E-state index in [4.69, 9.17) is 19.8 Å². The second kappa shape index (κ2) is 11.3. The normalized spacial score (nSPS) is 13.7. The Kier molecular flexibility index (Phi) is 8.22. The standard InChI is InChI=1S/C25H28N2.C2H2O4/c1-20-7-6-10-25(21(20)2)27-17-15-26(16-18-27)19-22-11-13-24(14-12-22)23-8-4-3-5-9-23;3-1(4)2(5)6/h3-14H,15-19H2,1-2H3;(H,3,4)(H,5,6). The molecule has 0 spiro atoms. The lowest BCUT2D eigenvalue weighted by Crippen LogP contribution is -2.46. The number of nitrogens with zero attached hydrogens (tertiary/aromatic N) is 2. The van der Waals surface area contributed by atoms with E-state index in [9.17, 15) is 0 Å². The van der Waals surface area contributed by atoms with E-state index in [0.29, 0.717) is 0 Å². The molecular weight excluding hydrogens is 416 g/mol. The Labute approximate surface area is 194 Å². The fourth-order valence-electron chi connectivity index (χ4n) is 3.92. The topological polar surface area (TPSA) is 81.1 Å². The molecule has 0 atom stereocenters. The highest BCUT2D eigenvalue weighted by Gasteiger charge is 2.18. The molecule has 1 saturated heterocycles. The van der Waals surface area contributed by atoms with Gasteiger partial charge in [0, 0.05) is 38.4 Å². The zero-order valence-electron chi connectivity index (χ0n) is 19.1. The molecule has 3 aromatic rings. The molecule has 0 unspecified atom stereocenters. The first-order chi connectivity index (χ1) is 15.8. The quantitative estimate of drug-likeness (QED) is 0.577. The third-order valence-electron chi connectivity index (χ3n) is 5.94. The monoisotopic (exact) mass is 446 g/mol. The molecule has 0 saturated carbocycles. The van der Waals surface area contributed by atoms with Gasteiger partial charge in [-0.15, -0.1) is 0 Å². The van der Waals surface area contributed by atoms with Gasteiger partial charge in [-0.2, -0.15) is 0 Å². The van der Waals surface area contributed by atoms with Gasteiger partial charge in [0.15, 0.2) is 0 Å². The van der Waals surface area contributed by atoms with Crippen LogP contribution in [-0.4, -0.2) is 53.2 Å². The predicted molar refractivity (Wildman–Crippen MR) is 131 cm³/mol. The highest BCUT2D eigenvalue weighted by atomic mass is 16.4. The van der Waals surface area contributed by atoms with Crippen LogP contribution in [0.15, 0.2) is 72.8 Å². The van der Waals surface area contributed by atoms with E-state index in [0.717, 1.165) is 32.7 Å². The molecule has 0 amide bonds. The van der Waals surface area contributed by atoms with E-state index >= 15 is 0 Å². The minimum absolute atomic E-state index is 1.04. The van der Waals surface area contributed by atoms with Crippen LogP contribution in [0.4, 0.5) is 5.69 Å². The summed E-state index contributed by atoms with van der Waals surface area (Å²) in [5.41, 5.74) is 8.18. The molecule has 3 aromatic carbocycles. The van der Waals surface area contributed by atoms with E-state index in [1.54, 1.807) is 0 Å². The van der Waals surface area contributed by atoms with Crippen LogP contribution < -0.4 is 4.90 Å². The van der Waals surface area contributed by atoms with Crippen LogP contribution in [-0.2, 0) is 16.1 Å². The Balaban J connectivity index is 0.000000454. The highest BCUT2D eigenvalue weighted by molar-refractivity contribution is 6.27. The maximum Gasteiger partial charge on any atom is 0.414 e. The summed E-state index contributed by atoms with van der Waals surface area (Å²) in [4.78, 5) is 23.3. The SMILES string of the molecule is Cc1cccc(N2CCN(Cc3ccc(-c4ccccc4)cc3)CC2)c1C.O=C(O)C(=O)O. The second-order valence-electron chi connectivity index (χ2n) is 8.16. The van der Waals surface area contributed by atoms with Crippen LogP contribution in [0.1, 0.15) is 16.7 Å². The van der Waals surface area contributed by atoms with Gasteiger partial charge < -0.3 is 15.1 Å². The number of carbonyl (C=O) groups is 2. The molecule has 1 heterocycles. The molecule has 1 fully saturated rings. The van der Waals surface area contributed by atoms with Crippen molar-refractivity contribution in [3.05, 3.63) is 89.5 Å². The summed E-state index contributed by atoms with van der Waals surface area (Å²) in [5.74, 6) is -3.65. The van der Waals surface area contributed by atoms with Gasteiger partial charge in [-0.05, 0) is 47.7 Å². The molecule has 6 heteroatoms. The Morgan fingerprint density at radius 3 is 1.88 bits per heavy atom. The minimum Gasteiger partial charge on any atom is -0.473 e. The van der Waals surface area contributed by atoms with Crippen molar-refractivity contribution in [3.63, 3.8) is 0 Å². The molecule has 6 nitrogen and oxygen atoms in total. The predicted octanol–water partition coefficient (Wildman–Crippen LogP) is 4.45. The molecule has 0 radical (unpaired) electrons. The third kappa shape index (κ3) is 6.67. The lowest BCUT2D eigenvalue weighted by atomic mass is 10.0. The van der Waals surface area contributed by atoms with E-state index < -0.39 is 11.9 Å². The van der Waals surface area contributed by atoms with Crippen molar-refractivity contribution in [2.24, 2.45) is 0 Å². The van der Waals surface area contributed by atoms with Crippen molar-refractivity contribution in [1.82, 2.24) is 4.90 Å². The molecule has 0 aromatic heterocycles. The van der Waals surface area contributed by atoms with Gasteiger partial charge >= 0.3 is 11.9 Å². The lowest BCUT2D eigenvalue weighted by Gasteiger charge is -2.37. The number of rotatable bonds is 4. The summed E-state index contributed by atoms with van der Waals surface area (Å²) >= 11 is 0. The van der Waals surface area contributed by atoms with Crippen LogP contribution >= 0.6 is 0 Å². The maximum absolute atomic E-state index is 9.10. The second-order valence-corrected chi connectivity index (χ2v) is 8.16. The van der Waals surface area contributed by atoms with Gasteiger partial charge in [-0.3, -0.25) is 4.90 Å². The van der Waals surface area contributed by atoms with Crippen molar-refractivity contribution < 1.29 is 19.8 Å². The Morgan fingerprint density at radius 1 is 0.727 bits per heavy atom. The van der Waals surface area contributed by atoms with Crippen molar-refractivity contribution in [3.8, 4) is 11.1 Å². The van der Waals surface area contributed by atoms with Gasteiger partial charge in [-0.25, -0.2) is 9.59 Å². The van der Waals surface area contributed by atoms with E-state index in [1.165, 1.54) is 33.5 Å². The summed E-state index contributed by atoms with van der Waals surface area (Å²) in [6.45, 7) is 9.93. The third-order valence-corrected chi connectivity index (χ3v) is 5.94. The Morgan fingerprint density at radius 2 is 1.30 bits per heavy atom. The molecule has 0 aliphatic carbocycles. The molecule has 4 rings (SSSR count). The van der Waals surface area contributed by atoms with E-state index in [2.05, 4.69) is 96.4 Å². The van der Waals surface area contributed by atoms with Crippen LogP contribution in [0.3, 0.4) is 0 Å². The number of anilines is 1. The number of carboxylic acids is 2. The zero-order valence-corrected chi connectivity index (χ0v) is 19.1. The van der Waals surface area contributed by atoms with Crippen molar-refractivity contribution >= 4 is 17.6 Å². The van der Waals surface area contributed by atoms with Crippen LogP contribution in [0.2, 0.25) is 0 Å². The lowest BCUT2D eigenvalue weighted by molar-refractivity contribution is -0.159. The Hall–Kier alpha value is -3.64. The number of carboxylic acid groups (broad SMARTS) is 2. The number of piperazine rings is 1. The number of aliphatic carboxylic acids is 2. The largest absolute Gasteiger partial charge is 0.473 e. The van der Waals surface area contributed by atoms with E-state index in [1.807, 2.05) is 0 Å². The molecular formula is C27H30N2O4. The minimum atomic E-state index is -1.82. The maximum atomic E-state index is 9.10. The summed E-state index contributed by atoms with van der Waals surface area (Å²) in [6, 6.07) is 26.3. The fourth-order valence-corrected chi connectivity index (χ4v) is 3.92. The highest BCUT2D eigenvalue weighted by Crippen LogP contribution is 2.24. The summed E-state index contributed by atoms with van der Waals surface area (Å²) < 4.78 is 0. The van der Waals surface area contributed by atoms with Gasteiger partial charge in [0.2, 0.25) is 0 Å². The van der Waals surface area contributed by atoms with Gasteiger partial charge in [0.25, 0.3) is 0 Å². The fraction of sp³-hybridized carbons (Fsp3) is 0.259. The van der Waals surface area contributed by atoms with Crippen molar-refractivity contribution in [2.45, 2.75) is 20.4 Å². The number of hydrogen-bond donors (Lipinski definition) is 2. The number of benzene rings is 3. The van der Waals surface area contributed by atoms with Crippen molar-refractivity contribution in [1.29, 1.82) is 0 Å². The smallest absolute Gasteiger partial charge is 0.414 e. The van der Waals surface area contributed by atoms with Gasteiger partial charge in [0.1, 0.15) is 0 Å². The average molecular weight is 447 g/mol. The van der Waals surface area contributed by atoms with Gasteiger partial charge in [-0.1, -0.05) is 66.7 Å².